The zero-order chi connectivity index (χ0) is 12.4. The van der Waals surface area contributed by atoms with Gasteiger partial charge >= 0.3 is 5.97 Å². The molecule has 0 radical (unpaired) electrons. The van der Waals surface area contributed by atoms with Crippen LogP contribution in [-0.4, -0.2) is 13.1 Å². The van der Waals surface area contributed by atoms with Crippen molar-refractivity contribution >= 4 is 16.7 Å². The summed E-state index contributed by atoms with van der Waals surface area (Å²) in [5, 5.41) is 2.22. The highest BCUT2D eigenvalue weighted by Crippen LogP contribution is 2.21. The molecular weight excluding hydrogens is 214 g/mol. The van der Waals surface area contributed by atoms with Crippen molar-refractivity contribution in [3.8, 4) is 0 Å². The Labute approximate surface area is 100 Å². The van der Waals surface area contributed by atoms with Gasteiger partial charge in [0.2, 0.25) is 0 Å². The minimum atomic E-state index is -0.717. The van der Waals surface area contributed by atoms with Crippen molar-refractivity contribution in [2.24, 2.45) is 5.73 Å². The van der Waals surface area contributed by atoms with Gasteiger partial charge in [-0.1, -0.05) is 35.9 Å². The number of benzene rings is 2. The number of ether oxygens (including phenoxy) is 1. The molecule has 1 atom stereocenters. The largest absolute Gasteiger partial charge is 0.468 e. The second kappa shape index (κ2) is 4.55. The normalized spacial score (nSPS) is 12.4. The van der Waals surface area contributed by atoms with E-state index in [4.69, 9.17) is 5.73 Å². The summed E-state index contributed by atoms with van der Waals surface area (Å²) < 4.78 is 4.63. The Morgan fingerprint density at radius 3 is 2.53 bits per heavy atom. The molecular formula is C14H15NO2. The van der Waals surface area contributed by atoms with E-state index >= 15 is 0 Å². The molecule has 2 rings (SSSR count). The molecule has 2 N–H and O–H groups in total. The van der Waals surface area contributed by atoms with Crippen molar-refractivity contribution in [2.75, 3.05) is 7.11 Å². The van der Waals surface area contributed by atoms with Gasteiger partial charge in [-0.15, -0.1) is 0 Å². The molecule has 0 aromatic heterocycles. The van der Waals surface area contributed by atoms with Crippen molar-refractivity contribution < 1.29 is 9.53 Å². The van der Waals surface area contributed by atoms with Gasteiger partial charge in [0.15, 0.2) is 0 Å². The maximum Gasteiger partial charge on any atom is 0.327 e. The Kier molecular flexibility index (Phi) is 3.11. The van der Waals surface area contributed by atoms with Gasteiger partial charge in [-0.25, -0.2) is 0 Å². The van der Waals surface area contributed by atoms with Crippen LogP contribution in [0, 0.1) is 6.92 Å². The monoisotopic (exact) mass is 229 g/mol. The van der Waals surface area contributed by atoms with Crippen molar-refractivity contribution in [1.82, 2.24) is 0 Å². The fourth-order valence-electron chi connectivity index (χ4n) is 1.84. The summed E-state index contributed by atoms with van der Waals surface area (Å²) in [6, 6.07) is 11.2. The van der Waals surface area contributed by atoms with Crippen LogP contribution >= 0.6 is 0 Å². The van der Waals surface area contributed by atoms with Crippen LogP contribution in [-0.2, 0) is 9.53 Å². The fraction of sp³-hybridized carbons (Fsp3) is 0.214. The van der Waals surface area contributed by atoms with Crippen LogP contribution in [0.1, 0.15) is 17.2 Å². The molecule has 17 heavy (non-hydrogen) atoms. The Balaban J connectivity index is 2.44. The third-order valence-electron chi connectivity index (χ3n) is 2.83. The van der Waals surface area contributed by atoms with E-state index in [9.17, 15) is 4.79 Å². The van der Waals surface area contributed by atoms with E-state index in [0.717, 1.165) is 16.3 Å². The van der Waals surface area contributed by atoms with Crippen LogP contribution in [0.5, 0.6) is 0 Å². The summed E-state index contributed by atoms with van der Waals surface area (Å²) in [6.45, 7) is 2.05. The van der Waals surface area contributed by atoms with Crippen LogP contribution in [0.3, 0.4) is 0 Å². The highest BCUT2D eigenvalue weighted by atomic mass is 16.5. The molecule has 0 amide bonds. The molecule has 3 heteroatoms. The van der Waals surface area contributed by atoms with Gasteiger partial charge in [-0.3, -0.25) is 4.79 Å². The Morgan fingerprint density at radius 1 is 1.18 bits per heavy atom. The smallest absolute Gasteiger partial charge is 0.327 e. The predicted octanol–water partition coefficient (Wildman–Crippen LogP) is 2.32. The predicted molar refractivity (Wildman–Crippen MR) is 67.6 cm³/mol. The van der Waals surface area contributed by atoms with Gasteiger partial charge < -0.3 is 10.5 Å². The molecule has 88 valence electrons. The highest BCUT2D eigenvalue weighted by Gasteiger charge is 2.16. The van der Waals surface area contributed by atoms with E-state index in [1.165, 1.54) is 12.7 Å². The van der Waals surface area contributed by atoms with Crippen molar-refractivity contribution in [2.45, 2.75) is 13.0 Å². The van der Waals surface area contributed by atoms with E-state index in [1.54, 1.807) is 0 Å². The Hall–Kier alpha value is -1.87. The zero-order valence-electron chi connectivity index (χ0n) is 9.94. The lowest BCUT2D eigenvalue weighted by Gasteiger charge is -2.10. The van der Waals surface area contributed by atoms with Crippen LogP contribution in [0.25, 0.3) is 10.8 Å². The number of carbonyl (C=O) groups is 1. The first-order valence-corrected chi connectivity index (χ1v) is 5.45. The minimum absolute atomic E-state index is 0.420. The summed E-state index contributed by atoms with van der Waals surface area (Å²) in [6.07, 6.45) is 0. The summed E-state index contributed by atoms with van der Waals surface area (Å²) in [7, 11) is 1.34. The first-order valence-electron chi connectivity index (χ1n) is 5.45. The summed E-state index contributed by atoms with van der Waals surface area (Å²) in [5.74, 6) is -0.420. The number of esters is 1. The lowest BCUT2D eigenvalue weighted by atomic mass is 10.0. The first kappa shape index (κ1) is 11.6. The number of nitrogens with two attached hydrogens (primary N) is 1. The van der Waals surface area contributed by atoms with Crippen LogP contribution in [0.15, 0.2) is 36.4 Å². The summed E-state index contributed by atoms with van der Waals surface area (Å²) in [4.78, 5) is 11.4. The molecule has 1 unspecified atom stereocenters. The molecule has 2 aromatic rings. The number of carbonyl (C=O) groups excluding carboxylic acids is 1. The molecule has 0 aliphatic rings. The van der Waals surface area contributed by atoms with Crippen LogP contribution in [0.4, 0.5) is 0 Å². The van der Waals surface area contributed by atoms with Crippen LogP contribution in [0.2, 0.25) is 0 Å². The standard InChI is InChI=1S/C14H15NO2/c1-9-3-4-11-8-12(6-5-10(11)7-9)13(15)14(16)17-2/h3-8,13H,15H2,1-2H3. The Bertz CT molecular complexity index is 563. The number of aryl methyl sites for hydroxylation is 1. The maximum absolute atomic E-state index is 11.4. The van der Waals surface area contributed by atoms with Crippen molar-refractivity contribution in [3.05, 3.63) is 47.5 Å². The third-order valence-corrected chi connectivity index (χ3v) is 2.83. The van der Waals surface area contributed by atoms with Crippen molar-refractivity contribution in [1.29, 1.82) is 0 Å². The third kappa shape index (κ3) is 2.29. The maximum atomic E-state index is 11.4. The van der Waals surface area contributed by atoms with E-state index < -0.39 is 12.0 Å². The SMILES string of the molecule is COC(=O)C(N)c1ccc2cc(C)ccc2c1. The van der Waals surface area contributed by atoms with Gasteiger partial charge in [0.25, 0.3) is 0 Å². The van der Waals surface area contributed by atoms with Gasteiger partial charge in [0, 0.05) is 0 Å². The number of hydrogen-bond acceptors (Lipinski definition) is 3. The van der Waals surface area contributed by atoms with Gasteiger partial charge in [-0.05, 0) is 29.3 Å². The first-order chi connectivity index (χ1) is 8.11. The highest BCUT2D eigenvalue weighted by molar-refractivity contribution is 5.86. The molecule has 0 saturated carbocycles. The Morgan fingerprint density at radius 2 is 1.82 bits per heavy atom. The number of rotatable bonds is 2. The minimum Gasteiger partial charge on any atom is -0.468 e. The lowest BCUT2D eigenvalue weighted by Crippen LogP contribution is -2.22. The molecule has 0 aliphatic heterocycles. The molecule has 0 saturated heterocycles. The molecule has 2 aromatic carbocycles. The van der Waals surface area contributed by atoms with E-state index in [0.29, 0.717) is 0 Å². The number of fused-ring (bicyclic) bond motifs is 1. The van der Waals surface area contributed by atoms with Gasteiger partial charge in [-0.2, -0.15) is 0 Å². The molecule has 0 bridgehead atoms. The lowest BCUT2D eigenvalue weighted by molar-refractivity contribution is -0.142. The van der Waals surface area contributed by atoms with Crippen LogP contribution < -0.4 is 5.73 Å². The van der Waals surface area contributed by atoms with Crippen molar-refractivity contribution in [3.63, 3.8) is 0 Å². The summed E-state index contributed by atoms with van der Waals surface area (Å²) in [5.41, 5.74) is 7.78. The van der Waals surface area contributed by atoms with E-state index in [1.807, 2.05) is 37.3 Å². The quantitative estimate of drug-likeness (QED) is 0.804. The average Bonchev–Trinajstić information content (AvgIpc) is 2.36. The molecule has 0 heterocycles. The zero-order valence-corrected chi connectivity index (χ0v) is 9.94. The molecule has 0 fully saturated rings. The number of hydrogen-bond donors (Lipinski definition) is 1. The topological polar surface area (TPSA) is 52.3 Å². The molecule has 3 nitrogen and oxygen atoms in total. The second-order valence-corrected chi connectivity index (χ2v) is 4.11. The fourth-order valence-corrected chi connectivity index (χ4v) is 1.84. The average molecular weight is 229 g/mol. The van der Waals surface area contributed by atoms with E-state index in [2.05, 4.69) is 10.8 Å². The van der Waals surface area contributed by atoms with E-state index in [-0.39, 0.29) is 0 Å². The second-order valence-electron chi connectivity index (χ2n) is 4.11. The van der Waals surface area contributed by atoms with Gasteiger partial charge in [0.05, 0.1) is 7.11 Å². The summed E-state index contributed by atoms with van der Waals surface area (Å²) >= 11 is 0. The van der Waals surface area contributed by atoms with Gasteiger partial charge in [0.1, 0.15) is 6.04 Å². The number of methoxy groups -OCH3 is 1. The molecule has 0 spiro atoms. The molecule has 0 aliphatic carbocycles.